The Kier molecular flexibility index (Phi) is 3.33. The Hall–Kier alpha value is -2.82. The van der Waals surface area contributed by atoms with E-state index in [1.54, 1.807) is 18.6 Å². The lowest BCUT2D eigenvalue weighted by atomic mass is 10.2. The van der Waals surface area contributed by atoms with Crippen molar-refractivity contribution in [1.29, 1.82) is 0 Å². The zero-order valence-electron chi connectivity index (χ0n) is 10.7. The van der Waals surface area contributed by atoms with Crippen molar-refractivity contribution >= 4 is 0 Å². The second-order valence-electron chi connectivity index (χ2n) is 4.31. The highest BCUT2D eigenvalue weighted by molar-refractivity contribution is 5.57. The summed E-state index contributed by atoms with van der Waals surface area (Å²) < 4.78 is 0. The molecule has 0 aliphatic carbocycles. The van der Waals surface area contributed by atoms with E-state index in [0.717, 1.165) is 11.3 Å². The van der Waals surface area contributed by atoms with Gasteiger partial charge in [0.05, 0.1) is 5.69 Å². The molecule has 0 saturated heterocycles. The molecule has 3 aromatic heterocycles. The molecule has 0 aliphatic heterocycles. The van der Waals surface area contributed by atoms with Gasteiger partial charge in [-0.2, -0.15) is 0 Å². The average Bonchev–Trinajstić information content (AvgIpc) is 2.49. The number of hydrogen-bond donors (Lipinski definition) is 1. The van der Waals surface area contributed by atoms with Crippen LogP contribution in [0.5, 0.6) is 0 Å². The summed E-state index contributed by atoms with van der Waals surface area (Å²) in [5.41, 5.74) is 2.20. The Balaban J connectivity index is 1.97. The molecule has 0 aromatic carbocycles. The average molecular weight is 264 g/mol. The third kappa shape index (κ3) is 2.77. The summed E-state index contributed by atoms with van der Waals surface area (Å²) in [4.78, 5) is 27.2. The van der Waals surface area contributed by atoms with Gasteiger partial charge in [-0.15, -0.1) is 0 Å². The van der Waals surface area contributed by atoms with Gasteiger partial charge in [-0.05, 0) is 24.3 Å². The molecule has 5 nitrogen and oxygen atoms in total. The largest absolute Gasteiger partial charge is 0.310 e. The van der Waals surface area contributed by atoms with E-state index in [1.165, 1.54) is 6.07 Å². The van der Waals surface area contributed by atoms with E-state index in [0.29, 0.717) is 17.9 Å². The van der Waals surface area contributed by atoms with Gasteiger partial charge in [-0.1, -0.05) is 6.07 Å². The summed E-state index contributed by atoms with van der Waals surface area (Å²) in [6, 6.07) is 10.8. The summed E-state index contributed by atoms with van der Waals surface area (Å²) in [6.07, 6.45) is 5.57. The first-order valence-electron chi connectivity index (χ1n) is 6.22. The van der Waals surface area contributed by atoms with Crippen LogP contribution in [0, 0.1) is 0 Å². The molecule has 1 N–H and O–H groups in total. The SMILES string of the molecule is O=c1cc(-c2ccncc2)nc(Cc2ccccn2)[nH]1. The van der Waals surface area contributed by atoms with Gasteiger partial charge in [0.2, 0.25) is 0 Å². The van der Waals surface area contributed by atoms with Crippen LogP contribution in [-0.4, -0.2) is 19.9 Å². The van der Waals surface area contributed by atoms with Gasteiger partial charge in [-0.25, -0.2) is 4.98 Å². The fourth-order valence-corrected chi connectivity index (χ4v) is 1.94. The van der Waals surface area contributed by atoms with Crippen molar-refractivity contribution < 1.29 is 0 Å². The van der Waals surface area contributed by atoms with Crippen LogP contribution in [0.3, 0.4) is 0 Å². The molecule has 98 valence electrons. The summed E-state index contributed by atoms with van der Waals surface area (Å²) >= 11 is 0. The number of aromatic amines is 1. The maximum Gasteiger partial charge on any atom is 0.251 e. The highest BCUT2D eigenvalue weighted by Crippen LogP contribution is 2.14. The summed E-state index contributed by atoms with van der Waals surface area (Å²) in [5.74, 6) is 0.600. The third-order valence-electron chi connectivity index (χ3n) is 2.84. The number of nitrogens with one attached hydrogen (secondary N) is 1. The second-order valence-corrected chi connectivity index (χ2v) is 4.31. The summed E-state index contributed by atoms with van der Waals surface area (Å²) in [7, 11) is 0. The zero-order chi connectivity index (χ0) is 13.8. The minimum Gasteiger partial charge on any atom is -0.310 e. The molecule has 0 atom stereocenters. The number of hydrogen-bond acceptors (Lipinski definition) is 4. The van der Waals surface area contributed by atoms with Crippen molar-refractivity contribution in [3.63, 3.8) is 0 Å². The molecular weight excluding hydrogens is 252 g/mol. The lowest BCUT2D eigenvalue weighted by Crippen LogP contribution is -2.12. The Morgan fingerprint density at radius 3 is 2.65 bits per heavy atom. The molecule has 5 heteroatoms. The van der Waals surface area contributed by atoms with Crippen molar-refractivity contribution in [2.45, 2.75) is 6.42 Å². The van der Waals surface area contributed by atoms with Crippen molar-refractivity contribution in [2.24, 2.45) is 0 Å². The molecule has 3 heterocycles. The molecule has 0 aliphatic rings. The van der Waals surface area contributed by atoms with E-state index < -0.39 is 0 Å². The third-order valence-corrected chi connectivity index (χ3v) is 2.84. The second kappa shape index (κ2) is 5.44. The highest BCUT2D eigenvalue weighted by atomic mass is 16.1. The molecule has 3 aromatic rings. The van der Waals surface area contributed by atoms with E-state index in [4.69, 9.17) is 0 Å². The van der Waals surface area contributed by atoms with Crippen LogP contribution in [0.1, 0.15) is 11.5 Å². The molecule has 0 fully saturated rings. The van der Waals surface area contributed by atoms with Gasteiger partial charge in [0.1, 0.15) is 5.82 Å². The maximum atomic E-state index is 11.7. The maximum absolute atomic E-state index is 11.7. The standard InChI is InChI=1S/C15H12N4O/c20-15-10-13(11-4-7-16-8-5-11)18-14(19-15)9-12-3-1-2-6-17-12/h1-8,10H,9H2,(H,18,19,20). The number of nitrogens with zero attached hydrogens (tertiary/aromatic N) is 3. The molecule has 0 unspecified atom stereocenters. The molecule has 0 amide bonds. The van der Waals surface area contributed by atoms with Gasteiger partial charge < -0.3 is 4.98 Å². The topological polar surface area (TPSA) is 71.5 Å². The van der Waals surface area contributed by atoms with Crippen molar-refractivity contribution in [2.75, 3.05) is 0 Å². The molecular formula is C15H12N4O. The zero-order valence-corrected chi connectivity index (χ0v) is 10.7. The fraction of sp³-hybridized carbons (Fsp3) is 0.0667. The molecule has 0 radical (unpaired) electrons. The molecule has 0 bridgehead atoms. The van der Waals surface area contributed by atoms with Crippen LogP contribution in [0.25, 0.3) is 11.3 Å². The summed E-state index contributed by atoms with van der Waals surface area (Å²) in [6.45, 7) is 0. The molecule has 0 saturated carbocycles. The fourth-order valence-electron chi connectivity index (χ4n) is 1.94. The molecule has 3 rings (SSSR count). The van der Waals surface area contributed by atoms with Gasteiger partial charge in [0, 0.05) is 42.3 Å². The van der Waals surface area contributed by atoms with E-state index in [-0.39, 0.29) is 5.56 Å². The van der Waals surface area contributed by atoms with Crippen molar-refractivity contribution in [1.82, 2.24) is 19.9 Å². The van der Waals surface area contributed by atoms with Crippen molar-refractivity contribution in [3.8, 4) is 11.3 Å². The van der Waals surface area contributed by atoms with Crippen molar-refractivity contribution in [3.05, 3.63) is 76.9 Å². The first-order chi connectivity index (χ1) is 9.81. The number of pyridine rings is 2. The van der Waals surface area contributed by atoms with Gasteiger partial charge in [-0.3, -0.25) is 14.8 Å². The predicted molar refractivity (Wildman–Crippen MR) is 75.1 cm³/mol. The van der Waals surface area contributed by atoms with E-state index in [1.807, 2.05) is 30.3 Å². The smallest absolute Gasteiger partial charge is 0.251 e. The number of aromatic nitrogens is 4. The first-order valence-corrected chi connectivity index (χ1v) is 6.22. The molecule has 20 heavy (non-hydrogen) atoms. The minimum absolute atomic E-state index is 0.169. The monoisotopic (exact) mass is 264 g/mol. The lowest BCUT2D eigenvalue weighted by molar-refractivity contribution is 0.922. The number of H-pyrrole nitrogens is 1. The Morgan fingerprint density at radius 1 is 1.05 bits per heavy atom. The molecule has 0 spiro atoms. The number of rotatable bonds is 3. The lowest BCUT2D eigenvalue weighted by Gasteiger charge is -2.04. The highest BCUT2D eigenvalue weighted by Gasteiger charge is 2.05. The quantitative estimate of drug-likeness (QED) is 0.783. The van der Waals surface area contributed by atoms with E-state index in [2.05, 4.69) is 19.9 Å². The normalized spacial score (nSPS) is 10.4. The Morgan fingerprint density at radius 2 is 1.90 bits per heavy atom. The minimum atomic E-state index is -0.169. The summed E-state index contributed by atoms with van der Waals surface area (Å²) in [5, 5.41) is 0. The van der Waals surface area contributed by atoms with E-state index >= 15 is 0 Å². The van der Waals surface area contributed by atoms with Crippen LogP contribution < -0.4 is 5.56 Å². The van der Waals surface area contributed by atoms with Gasteiger partial charge in [0.15, 0.2) is 0 Å². The van der Waals surface area contributed by atoms with Crippen LogP contribution >= 0.6 is 0 Å². The Bertz CT molecular complexity index is 754. The van der Waals surface area contributed by atoms with Crippen LogP contribution in [-0.2, 0) is 6.42 Å². The van der Waals surface area contributed by atoms with Gasteiger partial charge in [0.25, 0.3) is 5.56 Å². The van der Waals surface area contributed by atoms with Crippen LogP contribution in [0.4, 0.5) is 0 Å². The first kappa shape index (κ1) is 12.2. The van der Waals surface area contributed by atoms with E-state index in [9.17, 15) is 4.79 Å². The predicted octanol–water partition coefficient (Wildman–Crippen LogP) is 1.82. The van der Waals surface area contributed by atoms with Crippen LogP contribution in [0.2, 0.25) is 0 Å². The van der Waals surface area contributed by atoms with Gasteiger partial charge >= 0.3 is 0 Å². The Labute approximate surface area is 115 Å². The van der Waals surface area contributed by atoms with Crippen LogP contribution in [0.15, 0.2) is 59.8 Å².